The van der Waals surface area contributed by atoms with Gasteiger partial charge in [-0.05, 0) is 32.6 Å². The number of hydrogen-bond acceptors (Lipinski definition) is 4. The van der Waals surface area contributed by atoms with E-state index in [0.29, 0.717) is 24.4 Å². The van der Waals surface area contributed by atoms with Crippen molar-refractivity contribution in [1.29, 1.82) is 0 Å². The van der Waals surface area contributed by atoms with Gasteiger partial charge in [0.05, 0.1) is 7.11 Å². The molecule has 0 amide bonds. The first kappa shape index (κ1) is 19.7. The van der Waals surface area contributed by atoms with Gasteiger partial charge in [-0.25, -0.2) is 0 Å². The van der Waals surface area contributed by atoms with E-state index in [1.807, 2.05) is 7.05 Å². The van der Waals surface area contributed by atoms with Gasteiger partial charge in [0.25, 0.3) is 0 Å². The van der Waals surface area contributed by atoms with Gasteiger partial charge in [0.2, 0.25) is 0 Å². The Morgan fingerprint density at radius 3 is 2.61 bits per heavy atom. The highest BCUT2D eigenvalue weighted by Crippen LogP contribution is 2.18. The predicted octanol–water partition coefficient (Wildman–Crippen LogP) is 1.61. The van der Waals surface area contributed by atoms with Crippen LogP contribution >= 0.6 is 0 Å². The fraction of sp³-hybridized carbons (Fsp3) is 0.882. The van der Waals surface area contributed by atoms with Crippen molar-refractivity contribution in [3.05, 3.63) is 0 Å². The lowest BCUT2D eigenvalue weighted by Gasteiger charge is -2.22. The lowest BCUT2D eigenvalue weighted by Crippen LogP contribution is -2.47. The summed E-state index contributed by atoms with van der Waals surface area (Å²) in [4.78, 5) is 17.8. The van der Waals surface area contributed by atoms with Gasteiger partial charge in [-0.2, -0.15) is 0 Å². The molecule has 0 spiro atoms. The van der Waals surface area contributed by atoms with E-state index in [9.17, 15) is 4.79 Å². The molecule has 2 unspecified atom stereocenters. The molecule has 1 rings (SSSR count). The zero-order valence-corrected chi connectivity index (χ0v) is 15.4. The standard InChI is InChI=1S/C17H34N4O2/c1-13(2)21-11-14(3)15(12-21)20-17(18-4)19-10-8-6-7-9-16(22)23-5/h13-15H,6-12H2,1-5H3,(H2,18,19,20). The van der Waals surface area contributed by atoms with Crippen molar-refractivity contribution in [1.82, 2.24) is 15.5 Å². The van der Waals surface area contributed by atoms with Gasteiger partial charge in [0.1, 0.15) is 0 Å². The van der Waals surface area contributed by atoms with Gasteiger partial charge < -0.3 is 15.4 Å². The number of aliphatic imine (C=N–C) groups is 1. The van der Waals surface area contributed by atoms with E-state index >= 15 is 0 Å². The van der Waals surface area contributed by atoms with Crippen molar-refractivity contribution < 1.29 is 9.53 Å². The SMILES string of the molecule is CN=C(NCCCCCC(=O)OC)NC1CN(C(C)C)CC1C. The van der Waals surface area contributed by atoms with Crippen molar-refractivity contribution in [3.63, 3.8) is 0 Å². The number of rotatable bonds is 8. The maximum absolute atomic E-state index is 11.0. The number of nitrogens with one attached hydrogen (secondary N) is 2. The number of carbonyl (C=O) groups is 1. The fourth-order valence-electron chi connectivity index (χ4n) is 2.86. The third-order valence-electron chi connectivity index (χ3n) is 4.49. The van der Waals surface area contributed by atoms with Gasteiger partial charge in [-0.15, -0.1) is 0 Å². The monoisotopic (exact) mass is 326 g/mol. The number of hydrogen-bond donors (Lipinski definition) is 2. The summed E-state index contributed by atoms with van der Waals surface area (Å²) in [6.07, 6.45) is 3.42. The number of esters is 1. The summed E-state index contributed by atoms with van der Waals surface area (Å²) in [5, 5.41) is 6.91. The third-order valence-corrected chi connectivity index (χ3v) is 4.49. The third kappa shape index (κ3) is 7.20. The molecule has 1 heterocycles. The van der Waals surface area contributed by atoms with Crippen molar-refractivity contribution in [3.8, 4) is 0 Å². The summed E-state index contributed by atoms with van der Waals surface area (Å²) in [6.45, 7) is 9.86. The van der Waals surface area contributed by atoms with Crippen LogP contribution in [0.1, 0.15) is 46.5 Å². The second kappa shape index (κ2) is 10.5. The van der Waals surface area contributed by atoms with E-state index in [1.54, 1.807) is 0 Å². The smallest absolute Gasteiger partial charge is 0.305 e. The van der Waals surface area contributed by atoms with E-state index in [1.165, 1.54) is 7.11 Å². The zero-order valence-electron chi connectivity index (χ0n) is 15.4. The molecule has 1 saturated heterocycles. The van der Waals surface area contributed by atoms with E-state index < -0.39 is 0 Å². The summed E-state index contributed by atoms with van der Waals surface area (Å²) < 4.78 is 4.63. The first-order valence-corrected chi connectivity index (χ1v) is 8.76. The van der Waals surface area contributed by atoms with Crippen LogP contribution in [0.5, 0.6) is 0 Å². The van der Waals surface area contributed by atoms with Crippen LogP contribution in [-0.4, -0.2) is 62.7 Å². The average molecular weight is 326 g/mol. The molecule has 0 saturated carbocycles. The molecule has 6 heteroatoms. The van der Waals surface area contributed by atoms with E-state index in [0.717, 1.165) is 44.9 Å². The molecular formula is C17H34N4O2. The highest BCUT2D eigenvalue weighted by Gasteiger charge is 2.31. The van der Waals surface area contributed by atoms with Crippen LogP contribution in [0.15, 0.2) is 4.99 Å². The molecule has 2 N–H and O–H groups in total. The minimum Gasteiger partial charge on any atom is -0.469 e. The Balaban J connectivity index is 2.21. The van der Waals surface area contributed by atoms with Crippen molar-refractivity contribution >= 4 is 11.9 Å². The van der Waals surface area contributed by atoms with E-state index in [4.69, 9.17) is 0 Å². The fourth-order valence-corrected chi connectivity index (χ4v) is 2.86. The first-order valence-electron chi connectivity index (χ1n) is 8.76. The number of ether oxygens (including phenoxy) is 1. The van der Waals surface area contributed by atoms with Crippen LogP contribution in [0.2, 0.25) is 0 Å². The Morgan fingerprint density at radius 1 is 1.30 bits per heavy atom. The summed E-state index contributed by atoms with van der Waals surface area (Å²) >= 11 is 0. The summed E-state index contributed by atoms with van der Waals surface area (Å²) in [7, 11) is 3.25. The maximum Gasteiger partial charge on any atom is 0.305 e. The number of likely N-dealkylation sites (tertiary alicyclic amines) is 1. The van der Waals surface area contributed by atoms with Crippen LogP contribution in [0, 0.1) is 5.92 Å². The maximum atomic E-state index is 11.0. The van der Waals surface area contributed by atoms with Gasteiger partial charge in [-0.3, -0.25) is 14.7 Å². The average Bonchev–Trinajstić information content (AvgIpc) is 2.90. The molecule has 0 aliphatic carbocycles. The molecule has 0 aromatic rings. The molecule has 0 aromatic heterocycles. The summed E-state index contributed by atoms with van der Waals surface area (Å²) in [6, 6.07) is 1.04. The Morgan fingerprint density at radius 2 is 2.04 bits per heavy atom. The molecule has 0 bridgehead atoms. The lowest BCUT2D eigenvalue weighted by molar-refractivity contribution is -0.140. The number of guanidine groups is 1. The lowest BCUT2D eigenvalue weighted by atomic mass is 10.1. The number of unbranched alkanes of at least 4 members (excludes halogenated alkanes) is 2. The number of carbonyl (C=O) groups excluding carboxylic acids is 1. The van der Waals surface area contributed by atoms with Crippen molar-refractivity contribution in [2.75, 3.05) is 33.8 Å². The molecule has 1 aliphatic heterocycles. The van der Waals surface area contributed by atoms with Crippen LogP contribution in [-0.2, 0) is 9.53 Å². The Hall–Kier alpha value is -1.30. The molecule has 0 aromatic carbocycles. The van der Waals surface area contributed by atoms with Crippen LogP contribution in [0.4, 0.5) is 0 Å². The first-order chi connectivity index (χ1) is 11.0. The highest BCUT2D eigenvalue weighted by atomic mass is 16.5. The minimum absolute atomic E-state index is 0.125. The molecule has 2 atom stereocenters. The van der Waals surface area contributed by atoms with Gasteiger partial charge >= 0.3 is 5.97 Å². The summed E-state index contributed by atoms with van der Waals surface area (Å²) in [5.41, 5.74) is 0. The highest BCUT2D eigenvalue weighted by molar-refractivity contribution is 5.80. The van der Waals surface area contributed by atoms with E-state index in [-0.39, 0.29) is 5.97 Å². The van der Waals surface area contributed by atoms with Gasteiger partial charge in [-0.1, -0.05) is 13.3 Å². The van der Waals surface area contributed by atoms with Crippen LogP contribution in [0.3, 0.4) is 0 Å². The molecule has 23 heavy (non-hydrogen) atoms. The summed E-state index contributed by atoms with van der Waals surface area (Å²) in [5.74, 6) is 1.37. The van der Waals surface area contributed by atoms with Gasteiger partial charge in [0, 0.05) is 45.2 Å². The molecule has 6 nitrogen and oxygen atoms in total. The second-order valence-electron chi connectivity index (χ2n) is 6.66. The van der Waals surface area contributed by atoms with Crippen molar-refractivity contribution in [2.45, 2.75) is 58.5 Å². The molecule has 1 aliphatic rings. The quantitative estimate of drug-likeness (QED) is 0.307. The molecule has 1 fully saturated rings. The van der Waals surface area contributed by atoms with Crippen LogP contribution < -0.4 is 10.6 Å². The second-order valence-corrected chi connectivity index (χ2v) is 6.66. The van der Waals surface area contributed by atoms with E-state index in [2.05, 4.69) is 46.0 Å². The normalized spacial score (nSPS) is 22.4. The topological polar surface area (TPSA) is 66.0 Å². The molecule has 134 valence electrons. The number of methoxy groups -OCH3 is 1. The Bertz CT molecular complexity index is 385. The number of nitrogens with zero attached hydrogens (tertiary/aromatic N) is 2. The molecule has 0 radical (unpaired) electrons. The predicted molar refractivity (Wildman–Crippen MR) is 94.6 cm³/mol. The minimum atomic E-state index is -0.125. The Labute approximate surface area is 141 Å². The van der Waals surface area contributed by atoms with Crippen LogP contribution in [0.25, 0.3) is 0 Å². The van der Waals surface area contributed by atoms with Gasteiger partial charge in [0.15, 0.2) is 5.96 Å². The molecular weight excluding hydrogens is 292 g/mol. The zero-order chi connectivity index (χ0) is 17.2. The van der Waals surface area contributed by atoms with Crippen molar-refractivity contribution in [2.24, 2.45) is 10.9 Å². The largest absolute Gasteiger partial charge is 0.469 e. The Kier molecular flexibility index (Phi) is 8.99.